The monoisotopic (exact) mass is 263 g/mol. The van der Waals surface area contributed by atoms with E-state index >= 15 is 0 Å². The molecule has 0 aromatic heterocycles. The lowest BCUT2D eigenvalue weighted by Gasteiger charge is -2.10. The first-order valence-corrected chi connectivity index (χ1v) is 6.96. The third-order valence-corrected chi connectivity index (χ3v) is 3.24. The second-order valence-electron chi connectivity index (χ2n) is 5.10. The van der Waals surface area contributed by atoms with Gasteiger partial charge in [-0.3, -0.25) is 0 Å². The molecule has 0 radical (unpaired) electrons. The summed E-state index contributed by atoms with van der Waals surface area (Å²) in [6.45, 7) is 6.24. The molecule has 1 aliphatic carbocycles. The Morgan fingerprint density at radius 2 is 2.16 bits per heavy atom. The fraction of sp³-hybridized carbons (Fsp3) is 0.533. The zero-order chi connectivity index (χ0) is 13.7. The van der Waals surface area contributed by atoms with E-state index in [2.05, 4.69) is 22.5 Å². The summed E-state index contributed by atoms with van der Waals surface area (Å²) in [4.78, 5) is 4.53. The Hall–Kier alpha value is -1.58. The predicted molar refractivity (Wildman–Crippen MR) is 76.7 cm³/mol. The van der Waals surface area contributed by atoms with Crippen molar-refractivity contribution >= 4 is 5.96 Å². The number of benzene rings is 1. The molecule has 2 rings (SSSR count). The van der Waals surface area contributed by atoms with Crippen molar-refractivity contribution in [3.8, 4) is 0 Å². The number of aryl methyl sites for hydroxylation is 1. The third-order valence-electron chi connectivity index (χ3n) is 3.24. The van der Waals surface area contributed by atoms with Crippen LogP contribution < -0.4 is 10.6 Å². The molecule has 0 atom stereocenters. The van der Waals surface area contributed by atoms with Crippen LogP contribution in [0.2, 0.25) is 0 Å². The lowest BCUT2D eigenvalue weighted by molar-refractivity contribution is 0.617. The molecule has 1 saturated carbocycles. The molecule has 0 spiro atoms. The van der Waals surface area contributed by atoms with Crippen LogP contribution in [0.4, 0.5) is 4.39 Å². The Morgan fingerprint density at radius 3 is 2.79 bits per heavy atom. The van der Waals surface area contributed by atoms with Crippen LogP contribution in [0.1, 0.15) is 30.9 Å². The molecule has 2 N–H and O–H groups in total. The van der Waals surface area contributed by atoms with Gasteiger partial charge < -0.3 is 10.6 Å². The minimum absolute atomic E-state index is 0.161. The van der Waals surface area contributed by atoms with Gasteiger partial charge in [0.25, 0.3) is 0 Å². The quantitative estimate of drug-likeness (QED) is 0.633. The Kier molecular flexibility index (Phi) is 4.77. The summed E-state index contributed by atoms with van der Waals surface area (Å²) in [5, 5.41) is 6.57. The fourth-order valence-corrected chi connectivity index (χ4v) is 1.88. The van der Waals surface area contributed by atoms with Gasteiger partial charge in [0.1, 0.15) is 5.82 Å². The number of nitrogens with zero attached hydrogens (tertiary/aromatic N) is 1. The summed E-state index contributed by atoms with van der Waals surface area (Å²) in [5.41, 5.74) is 1.70. The predicted octanol–water partition coefficient (Wildman–Crippen LogP) is 2.60. The van der Waals surface area contributed by atoms with Crippen molar-refractivity contribution in [1.82, 2.24) is 10.6 Å². The lowest BCUT2D eigenvalue weighted by Crippen LogP contribution is -2.38. The smallest absolute Gasteiger partial charge is 0.191 e. The standard InChI is InChI=1S/C15H22FN3/c1-3-17-15(18-9-12-4-5-12)19-10-13-6-7-14(16)11(2)8-13/h6-8,12H,3-5,9-10H2,1-2H3,(H2,17,18,19). The molecular weight excluding hydrogens is 241 g/mol. The van der Waals surface area contributed by atoms with Gasteiger partial charge in [0.15, 0.2) is 5.96 Å². The number of aliphatic imine (C=N–C) groups is 1. The Bertz CT molecular complexity index is 453. The van der Waals surface area contributed by atoms with Gasteiger partial charge in [-0.05, 0) is 49.8 Å². The molecule has 1 aromatic rings. The van der Waals surface area contributed by atoms with E-state index in [0.717, 1.165) is 30.5 Å². The zero-order valence-corrected chi connectivity index (χ0v) is 11.7. The summed E-state index contributed by atoms with van der Waals surface area (Å²) >= 11 is 0. The van der Waals surface area contributed by atoms with Crippen molar-refractivity contribution in [2.45, 2.75) is 33.2 Å². The molecule has 0 unspecified atom stereocenters. The highest BCUT2D eigenvalue weighted by Gasteiger charge is 2.20. The molecule has 1 aliphatic rings. The number of nitrogens with one attached hydrogen (secondary N) is 2. The molecular formula is C15H22FN3. The molecule has 4 heteroatoms. The van der Waals surface area contributed by atoms with E-state index < -0.39 is 0 Å². The second-order valence-corrected chi connectivity index (χ2v) is 5.10. The first-order chi connectivity index (χ1) is 9.19. The van der Waals surface area contributed by atoms with Gasteiger partial charge in [-0.25, -0.2) is 9.38 Å². The maximum absolute atomic E-state index is 13.2. The van der Waals surface area contributed by atoms with Crippen LogP contribution in [-0.4, -0.2) is 19.0 Å². The maximum atomic E-state index is 13.2. The van der Waals surface area contributed by atoms with Crippen molar-refractivity contribution < 1.29 is 4.39 Å². The van der Waals surface area contributed by atoms with E-state index in [1.807, 2.05) is 6.07 Å². The van der Waals surface area contributed by atoms with E-state index in [-0.39, 0.29) is 5.82 Å². The van der Waals surface area contributed by atoms with Gasteiger partial charge in [0.2, 0.25) is 0 Å². The fourth-order valence-electron chi connectivity index (χ4n) is 1.88. The van der Waals surface area contributed by atoms with Crippen LogP contribution in [0.15, 0.2) is 23.2 Å². The Labute approximate surface area is 114 Å². The largest absolute Gasteiger partial charge is 0.357 e. The van der Waals surface area contributed by atoms with Gasteiger partial charge in [0, 0.05) is 13.1 Å². The summed E-state index contributed by atoms with van der Waals surface area (Å²) in [5.74, 6) is 1.50. The molecule has 0 saturated heterocycles. The zero-order valence-electron chi connectivity index (χ0n) is 11.7. The van der Waals surface area contributed by atoms with E-state index in [4.69, 9.17) is 0 Å². The number of rotatable bonds is 5. The summed E-state index contributed by atoms with van der Waals surface area (Å²) in [7, 11) is 0. The molecule has 3 nitrogen and oxygen atoms in total. The molecule has 104 valence electrons. The van der Waals surface area contributed by atoms with Crippen molar-refractivity contribution in [3.05, 3.63) is 35.1 Å². The summed E-state index contributed by atoms with van der Waals surface area (Å²) < 4.78 is 13.2. The second kappa shape index (κ2) is 6.55. The van der Waals surface area contributed by atoms with Gasteiger partial charge in [-0.2, -0.15) is 0 Å². The maximum Gasteiger partial charge on any atom is 0.191 e. The number of halogens is 1. The van der Waals surface area contributed by atoms with Crippen LogP contribution in [0, 0.1) is 18.7 Å². The van der Waals surface area contributed by atoms with Crippen LogP contribution in [-0.2, 0) is 6.54 Å². The first kappa shape index (κ1) is 13.8. The Balaban J connectivity index is 1.93. The number of guanidine groups is 1. The molecule has 0 heterocycles. The van der Waals surface area contributed by atoms with E-state index in [1.165, 1.54) is 18.9 Å². The van der Waals surface area contributed by atoms with Gasteiger partial charge >= 0.3 is 0 Å². The molecule has 1 aromatic carbocycles. The van der Waals surface area contributed by atoms with Crippen molar-refractivity contribution in [2.75, 3.05) is 13.1 Å². The summed E-state index contributed by atoms with van der Waals surface area (Å²) in [6, 6.07) is 5.14. The third kappa shape index (κ3) is 4.54. The number of hydrogen-bond donors (Lipinski definition) is 2. The van der Waals surface area contributed by atoms with E-state index in [0.29, 0.717) is 12.1 Å². The van der Waals surface area contributed by atoms with E-state index in [1.54, 1.807) is 13.0 Å². The highest BCUT2D eigenvalue weighted by atomic mass is 19.1. The van der Waals surface area contributed by atoms with Crippen LogP contribution in [0.5, 0.6) is 0 Å². The first-order valence-electron chi connectivity index (χ1n) is 6.96. The average molecular weight is 263 g/mol. The highest BCUT2D eigenvalue weighted by molar-refractivity contribution is 5.79. The van der Waals surface area contributed by atoms with Gasteiger partial charge in [0.05, 0.1) is 6.54 Å². The van der Waals surface area contributed by atoms with Crippen molar-refractivity contribution in [3.63, 3.8) is 0 Å². The van der Waals surface area contributed by atoms with Crippen LogP contribution >= 0.6 is 0 Å². The van der Waals surface area contributed by atoms with Crippen molar-refractivity contribution in [2.24, 2.45) is 10.9 Å². The topological polar surface area (TPSA) is 36.4 Å². The SMILES string of the molecule is CCNC(=NCc1ccc(F)c(C)c1)NCC1CC1. The molecule has 0 amide bonds. The molecule has 19 heavy (non-hydrogen) atoms. The average Bonchev–Trinajstić information content (AvgIpc) is 3.21. The van der Waals surface area contributed by atoms with Gasteiger partial charge in [-0.15, -0.1) is 0 Å². The minimum Gasteiger partial charge on any atom is -0.357 e. The number of hydrogen-bond acceptors (Lipinski definition) is 1. The van der Waals surface area contributed by atoms with Crippen LogP contribution in [0.25, 0.3) is 0 Å². The lowest BCUT2D eigenvalue weighted by atomic mass is 10.1. The molecule has 0 aliphatic heterocycles. The molecule has 0 bridgehead atoms. The van der Waals surface area contributed by atoms with E-state index in [9.17, 15) is 4.39 Å². The molecule has 1 fully saturated rings. The normalized spacial score (nSPS) is 15.4. The minimum atomic E-state index is -0.161. The summed E-state index contributed by atoms with van der Waals surface area (Å²) in [6.07, 6.45) is 2.65. The van der Waals surface area contributed by atoms with Gasteiger partial charge in [-0.1, -0.05) is 12.1 Å². The van der Waals surface area contributed by atoms with Crippen LogP contribution in [0.3, 0.4) is 0 Å². The van der Waals surface area contributed by atoms with Crippen molar-refractivity contribution in [1.29, 1.82) is 0 Å². The highest BCUT2D eigenvalue weighted by Crippen LogP contribution is 2.27. The Morgan fingerprint density at radius 1 is 1.37 bits per heavy atom.